The Bertz CT molecular complexity index is 1140. The topological polar surface area (TPSA) is 79.2 Å². The largest absolute Gasteiger partial charge is 0.377 e. The molecule has 0 aliphatic heterocycles. The summed E-state index contributed by atoms with van der Waals surface area (Å²) in [4.78, 5) is 17.6. The molecular weight excluding hydrogens is 440 g/mol. The summed E-state index contributed by atoms with van der Waals surface area (Å²) in [5.41, 5.74) is 7.85. The lowest BCUT2D eigenvalue weighted by Crippen LogP contribution is -2.09. The van der Waals surface area contributed by atoms with Crippen molar-refractivity contribution in [1.29, 1.82) is 0 Å². The van der Waals surface area contributed by atoms with Crippen molar-refractivity contribution in [3.8, 4) is 22.8 Å². The second-order valence-electron chi connectivity index (χ2n) is 8.25. The zero-order chi connectivity index (χ0) is 24.3. The van der Waals surface area contributed by atoms with E-state index in [0.717, 1.165) is 45.0 Å². The van der Waals surface area contributed by atoms with E-state index < -0.39 is 0 Å². The molecule has 0 fully saturated rings. The zero-order valence-corrected chi connectivity index (χ0v) is 20.2. The van der Waals surface area contributed by atoms with Crippen LogP contribution in [-0.4, -0.2) is 46.4 Å². The van der Waals surface area contributed by atoms with E-state index in [9.17, 15) is 0 Å². The number of aryl methyl sites for hydroxylation is 2. The fraction of sp³-hybridized carbons (Fsp3) is 0.286. The van der Waals surface area contributed by atoms with Gasteiger partial charge in [-0.3, -0.25) is 19.9 Å². The smallest absolute Gasteiger partial charge is 0.0889 e. The quantitative estimate of drug-likeness (QED) is 0.271. The van der Waals surface area contributed by atoms with Gasteiger partial charge in [-0.1, -0.05) is 0 Å². The number of hydrogen-bond donors (Lipinski definition) is 0. The van der Waals surface area contributed by atoms with E-state index in [1.54, 1.807) is 24.8 Å². The Morgan fingerprint density at radius 3 is 1.29 bits per heavy atom. The molecule has 0 bridgehead atoms. The van der Waals surface area contributed by atoms with Gasteiger partial charge >= 0.3 is 0 Å². The van der Waals surface area contributed by atoms with Gasteiger partial charge in [0.2, 0.25) is 0 Å². The lowest BCUT2D eigenvalue weighted by molar-refractivity contribution is 0.00703. The minimum absolute atomic E-state index is 0.501. The molecule has 35 heavy (non-hydrogen) atoms. The molecule has 0 unspecified atom stereocenters. The van der Waals surface area contributed by atoms with Crippen LogP contribution in [0.2, 0.25) is 0 Å². The van der Waals surface area contributed by atoms with Crippen LogP contribution >= 0.6 is 0 Å². The SMILES string of the molecule is Cc1ccnc(-c2cc(COCCOCCOCc3ccnc(-c4cc(C)ccn4)c3)ccn2)c1. The van der Waals surface area contributed by atoms with Crippen molar-refractivity contribution in [2.45, 2.75) is 27.1 Å². The second-order valence-corrected chi connectivity index (χ2v) is 8.25. The maximum Gasteiger partial charge on any atom is 0.0889 e. The fourth-order valence-electron chi connectivity index (χ4n) is 3.48. The third-order valence-corrected chi connectivity index (χ3v) is 5.29. The maximum absolute atomic E-state index is 5.75. The van der Waals surface area contributed by atoms with Crippen LogP contribution in [0.15, 0.2) is 73.3 Å². The van der Waals surface area contributed by atoms with E-state index in [1.807, 2.05) is 62.4 Å². The number of ether oxygens (including phenoxy) is 3. The first-order valence-electron chi connectivity index (χ1n) is 11.7. The van der Waals surface area contributed by atoms with Crippen molar-refractivity contribution in [2.75, 3.05) is 26.4 Å². The van der Waals surface area contributed by atoms with Crippen LogP contribution in [0.5, 0.6) is 0 Å². The highest BCUT2D eigenvalue weighted by molar-refractivity contribution is 5.56. The lowest BCUT2D eigenvalue weighted by Gasteiger charge is -2.08. The first kappa shape index (κ1) is 24.6. The van der Waals surface area contributed by atoms with Crippen LogP contribution in [0, 0.1) is 13.8 Å². The van der Waals surface area contributed by atoms with E-state index in [1.165, 1.54) is 0 Å². The molecule has 0 aliphatic rings. The van der Waals surface area contributed by atoms with Crippen LogP contribution < -0.4 is 0 Å². The Balaban J connectivity index is 1.11. The van der Waals surface area contributed by atoms with Gasteiger partial charge in [-0.2, -0.15) is 0 Å². The summed E-state index contributed by atoms with van der Waals surface area (Å²) in [5, 5.41) is 0. The van der Waals surface area contributed by atoms with Crippen molar-refractivity contribution in [1.82, 2.24) is 19.9 Å². The summed E-state index contributed by atoms with van der Waals surface area (Å²) in [6.07, 6.45) is 7.17. The number of nitrogens with zero attached hydrogens (tertiary/aromatic N) is 4. The lowest BCUT2D eigenvalue weighted by atomic mass is 10.1. The van der Waals surface area contributed by atoms with Crippen LogP contribution in [-0.2, 0) is 27.4 Å². The molecule has 4 aromatic rings. The Kier molecular flexibility index (Phi) is 9.00. The van der Waals surface area contributed by atoms with Gasteiger partial charge in [0.1, 0.15) is 0 Å². The van der Waals surface area contributed by atoms with Gasteiger partial charge in [0.15, 0.2) is 0 Å². The minimum atomic E-state index is 0.501. The minimum Gasteiger partial charge on any atom is -0.377 e. The fourth-order valence-corrected chi connectivity index (χ4v) is 3.48. The van der Waals surface area contributed by atoms with E-state index in [0.29, 0.717) is 39.6 Å². The number of rotatable bonds is 12. The molecule has 4 aromatic heterocycles. The summed E-state index contributed by atoms with van der Waals surface area (Å²) < 4.78 is 17.1. The predicted octanol–water partition coefficient (Wildman–Crippen LogP) is 4.97. The van der Waals surface area contributed by atoms with Gasteiger partial charge in [0, 0.05) is 24.8 Å². The van der Waals surface area contributed by atoms with E-state index in [2.05, 4.69) is 19.9 Å². The van der Waals surface area contributed by atoms with Crippen molar-refractivity contribution >= 4 is 0 Å². The molecule has 0 saturated carbocycles. The summed E-state index contributed by atoms with van der Waals surface area (Å²) in [5.74, 6) is 0. The summed E-state index contributed by atoms with van der Waals surface area (Å²) in [6.45, 7) is 7.14. The monoisotopic (exact) mass is 470 g/mol. The molecular formula is C28H30N4O3. The van der Waals surface area contributed by atoms with Crippen LogP contribution in [0.4, 0.5) is 0 Å². The number of pyridine rings is 4. The summed E-state index contributed by atoms with van der Waals surface area (Å²) >= 11 is 0. The van der Waals surface area contributed by atoms with Gasteiger partial charge in [0.05, 0.1) is 62.4 Å². The Morgan fingerprint density at radius 2 is 0.857 bits per heavy atom. The zero-order valence-electron chi connectivity index (χ0n) is 20.2. The molecule has 0 amide bonds. The van der Waals surface area contributed by atoms with Gasteiger partial charge in [-0.15, -0.1) is 0 Å². The third kappa shape index (κ3) is 7.75. The Labute approximate surface area is 206 Å². The van der Waals surface area contributed by atoms with Crippen LogP contribution in [0.25, 0.3) is 22.8 Å². The first-order valence-corrected chi connectivity index (χ1v) is 11.7. The highest BCUT2D eigenvalue weighted by Gasteiger charge is 2.04. The molecule has 4 heterocycles. The van der Waals surface area contributed by atoms with E-state index in [-0.39, 0.29) is 0 Å². The van der Waals surface area contributed by atoms with E-state index in [4.69, 9.17) is 14.2 Å². The highest BCUT2D eigenvalue weighted by Crippen LogP contribution is 2.18. The van der Waals surface area contributed by atoms with Crippen LogP contribution in [0.3, 0.4) is 0 Å². The molecule has 0 aromatic carbocycles. The molecule has 7 nitrogen and oxygen atoms in total. The van der Waals surface area contributed by atoms with Gasteiger partial charge in [0.25, 0.3) is 0 Å². The molecule has 0 aliphatic carbocycles. The molecule has 0 N–H and O–H groups in total. The number of hydrogen-bond acceptors (Lipinski definition) is 7. The predicted molar refractivity (Wildman–Crippen MR) is 135 cm³/mol. The van der Waals surface area contributed by atoms with Crippen molar-refractivity contribution in [3.63, 3.8) is 0 Å². The highest BCUT2D eigenvalue weighted by atomic mass is 16.5. The average molecular weight is 471 g/mol. The normalized spacial score (nSPS) is 11.0. The molecule has 0 radical (unpaired) electrons. The van der Waals surface area contributed by atoms with Gasteiger partial charge in [-0.05, 0) is 84.6 Å². The van der Waals surface area contributed by atoms with Crippen LogP contribution in [0.1, 0.15) is 22.3 Å². The summed E-state index contributed by atoms with van der Waals surface area (Å²) in [6, 6.07) is 15.9. The molecule has 180 valence electrons. The second kappa shape index (κ2) is 12.8. The Morgan fingerprint density at radius 1 is 0.486 bits per heavy atom. The molecule has 0 atom stereocenters. The molecule has 0 spiro atoms. The average Bonchev–Trinajstić information content (AvgIpc) is 2.88. The third-order valence-electron chi connectivity index (χ3n) is 5.29. The Hall–Kier alpha value is -3.52. The first-order chi connectivity index (χ1) is 17.2. The number of aromatic nitrogens is 4. The van der Waals surface area contributed by atoms with Crippen molar-refractivity contribution in [3.05, 3.63) is 95.6 Å². The summed E-state index contributed by atoms with van der Waals surface area (Å²) in [7, 11) is 0. The van der Waals surface area contributed by atoms with Gasteiger partial charge < -0.3 is 14.2 Å². The standard InChI is InChI=1S/C28H30N4O3/c1-21-3-7-29-25(15-21)27-17-23(5-9-31-27)19-34-13-11-33-12-14-35-20-24-6-10-32-28(18-24)26-16-22(2)4-8-30-26/h3-10,15-18H,11-14,19-20H2,1-2H3. The van der Waals surface area contributed by atoms with Crippen molar-refractivity contribution < 1.29 is 14.2 Å². The van der Waals surface area contributed by atoms with Crippen molar-refractivity contribution in [2.24, 2.45) is 0 Å². The molecule has 7 heteroatoms. The van der Waals surface area contributed by atoms with Gasteiger partial charge in [-0.25, -0.2) is 0 Å². The maximum atomic E-state index is 5.75. The molecule has 0 saturated heterocycles. The molecule has 4 rings (SSSR count). The van der Waals surface area contributed by atoms with E-state index >= 15 is 0 Å².